The highest BCUT2D eigenvalue weighted by atomic mass is 32.7. The topological polar surface area (TPSA) is 37.3 Å². The van der Waals surface area contributed by atoms with Crippen LogP contribution in [0.3, 0.4) is 0 Å². The van der Waals surface area contributed by atoms with E-state index in [1.807, 2.05) is 0 Å². The first kappa shape index (κ1) is 5.81. The van der Waals surface area contributed by atoms with E-state index in [1.54, 1.807) is 0 Å². The molecule has 0 aromatic carbocycles. The van der Waals surface area contributed by atoms with E-state index in [-0.39, 0.29) is 9.18 Å². The van der Waals surface area contributed by atoms with Gasteiger partial charge in [0.25, 0.3) is 0 Å². The molecule has 2 nitrogen and oxygen atoms in total. The van der Waals surface area contributed by atoms with Gasteiger partial charge in [0.15, 0.2) is 0 Å². The predicted molar refractivity (Wildman–Crippen MR) is 38.4 cm³/mol. The van der Waals surface area contributed by atoms with Crippen LogP contribution in [-0.4, -0.2) is 17.3 Å². The molecule has 0 heterocycles. The summed E-state index contributed by atoms with van der Waals surface area (Å²) in [7, 11) is 1.95. The van der Waals surface area contributed by atoms with Crippen LogP contribution in [0.25, 0.3) is 0 Å². The average molecular weight is 157 g/mol. The van der Waals surface area contributed by atoms with Crippen LogP contribution in [0, 0.1) is 0 Å². The van der Waals surface area contributed by atoms with Gasteiger partial charge in [-0.2, -0.15) is 0 Å². The van der Waals surface area contributed by atoms with Crippen molar-refractivity contribution >= 4 is 35.0 Å². The van der Waals surface area contributed by atoms with Crippen LogP contribution in [0.1, 0.15) is 0 Å². The predicted octanol–water partition coefficient (Wildman–Crippen LogP) is 0.795. The maximum atomic E-state index is 10.0. The molecule has 0 spiro atoms. The van der Waals surface area contributed by atoms with E-state index >= 15 is 0 Å². The molecule has 3 unspecified atom stereocenters. The van der Waals surface area contributed by atoms with E-state index in [1.165, 1.54) is 0 Å². The monoisotopic (exact) mass is 157 g/mol. The van der Waals surface area contributed by atoms with E-state index in [4.69, 9.17) is 6.39 Å². The number of hydrogen-bond donors (Lipinski definition) is 1. The maximum absolute atomic E-state index is 10.0. The summed E-state index contributed by atoms with van der Waals surface area (Å²) in [5, 5.41) is 8.23. The van der Waals surface area contributed by atoms with Crippen molar-refractivity contribution in [2.45, 2.75) is 4.99 Å². The van der Waals surface area contributed by atoms with Crippen LogP contribution in [0.5, 0.6) is 0 Å². The minimum atomic E-state index is -0.904. The Morgan fingerprint density at radius 3 is 2.71 bits per heavy atom. The Labute approximate surface area is 51.9 Å². The van der Waals surface area contributed by atoms with Gasteiger partial charge < -0.3 is 5.11 Å². The molecule has 0 saturated carbocycles. The smallest absolute Gasteiger partial charge is 0.320 e. The van der Waals surface area contributed by atoms with Crippen LogP contribution >= 0.6 is 29.0 Å². The first-order valence-electron chi connectivity index (χ1n) is 1.98. The number of rotatable bonds is 3. The van der Waals surface area contributed by atoms with E-state index < -0.39 is 11.0 Å². The van der Waals surface area contributed by atoms with Crippen molar-refractivity contribution in [3.63, 3.8) is 0 Å². The number of aliphatic carboxylic acids is 1. The molecule has 0 aliphatic rings. The van der Waals surface area contributed by atoms with Gasteiger partial charge in [0.2, 0.25) is 0 Å². The zero-order valence-electron chi connectivity index (χ0n) is 4.42. The summed E-state index contributed by atoms with van der Waals surface area (Å²) in [6.07, 6.45) is 0. The highest BCUT2D eigenvalue weighted by molar-refractivity contribution is 8.45. The summed E-state index contributed by atoms with van der Waals surface area (Å²) >= 11 is 1.12. The summed E-state index contributed by atoms with van der Waals surface area (Å²) in [6, 6.07) is 0. The highest BCUT2D eigenvalue weighted by Gasteiger charge is 2.06. The first-order valence-corrected chi connectivity index (χ1v) is 4.41. The van der Waals surface area contributed by atoms with Crippen molar-refractivity contribution in [2.24, 2.45) is 0 Å². The summed E-state index contributed by atoms with van der Waals surface area (Å²) in [5.41, 5.74) is 0. The Bertz CT molecular complexity index is 86.1. The number of carboxylic acids is 1. The van der Waals surface area contributed by atoms with Gasteiger partial charge in [0.05, 0.1) is 1.28 Å². The van der Waals surface area contributed by atoms with Crippen LogP contribution in [0.15, 0.2) is 0 Å². The molecule has 5 heteroatoms. The van der Waals surface area contributed by atoms with Gasteiger partial charge in [-0.3, -0.25) is 4.79 Å². The summed E-state index contributed by atoms with van der Waals surface area (Å²) in [6.45, 7) is 0. The highest BCUT2D eigenvalue weighted by Crippen LogP contribution is 2.23. The fourth-order valence-corrected chi connectivity index (χ4v) is 0.524. The maximum Gasteiger partial charge on any atom is 0.320 e. The molecule has 0 saturated heterocycles. The lowest BCUT2D eigenvalue weighted by atomic mass is 10.8. The Morgan fingerprint density at radius 1 is 2.14 bits per heavy atom. The molecule has 0 aliphatic carbocycles. The van der Waals surface area contributed by atoms with Crippen LogP contribution in [-0.2, 0) is 4.79 Å². The van der Waals surface area contributed by atoms with Crippen LogP contribution in [0.2, 0.25) is 0 Å². The lowest BCUT2D eigenvalue weighted by molar-refractivity contribution is -0.134. The van der Waals surface area contributed by atoms with Crippen LogP contribution in [0.4, 0.5) is 0 Å². The van der Waals surface area contributed by atoms with E-state index in [0.29, 0.717) is 0 Å². The molecule has 42 valence electrons. The second-order valence-corrected chi connectivity index (χ2v) is 3.41. The van der Waals surface area contributed by atoms with Gasteiger partial charge in [0.1, 0.15) is 4.99 Å². The van der Waals surface area contributed by atoms with Crippen molar-refractivity contribution in [1.82, 2.24) is 0 Å². The SMILES string of the molecule is [2H]PC(SP)C(=O)O. The van der Waals surface area contributed by atoms with Crippen LogP contribution < -0.4 is 0 Å². The fourth-order valence-electron chi connectivity index (χ4n) is 0.0582. The second-order valence-electron chi connectivity index (χ2n) is 0.854. The second kappa shape index (κ2) is 3.65. The number of carbonyl (C=O) groups is 1. The first-order chi connectivity index (χ1) is 3.72. The van der Waals surface area contributed by atoms with Crippen molar-refractivity contribution in [1.29, 1.82) is 1.28 Å². The largest absolute Gasteiger partial charge is 0.480 e. The lowest BCUT2D eigenvalue weighted by Crippen LogP contribution is -2.04. The molecule has 0 aromatic heterocycles. The molecule has 7 heavy (non-hydrogen) atoms. The van der Waals surface area contributed by atoms with E-state index in [9.17, 15) is 4.79 Å². The normalized spacial score (nSPS) is 17.0. The third-order valence-corrected chi connectivity index (χ3v) is 3.12. The molecular formula is C2H6O2P2S. The average Bonchev–Trinajstić information content (AvgIpc) is 1.69. The molecular weight excluding hydrogens is 150 g/mol. The third-order valence-electron chi connectivity index (χ3n) is 0.360. The Kier molecular flexibility index (Phi) is 3.03. The quantitative estimate of drug-likeness (QED) is 0.615. The number of carboxylic acid groups (broad SMARTS) is 1. The zero-order valence-corrected chi connectivity index (χ0v) is 6.39. The van der Waals surface area contributed by atoms with Gasteiger partial charge in [-0.15, -0.1) is 20.6 Å². The number of hydrogen-bond acceptors (Lipinski definition) is 2. The Morgan fingerprint density at radius 2 is 2.71 bits per heavy atom. The van der Waals surface area contributed by atoms with Gasteiger partial charge in [-0.05, 0) is 0 Å². The van der Waals surface area contributed by atoms with Gasteiger partial charge in [0, 0.05) is 0 Å². The third kappa shape index (κ3) is 3.28. The molecule has 0 aromatic rings. The van der Waals surface area contributed by atoms with E-state index in [0.717, 1.165) is 11.4 Å². The van der Waals surface area contributed by atoms with Gasteiger partial charge in [-0.25, -0.2) is 0 Å². The van der Waals surface area contributed by atoms with Crippen molar-refractivity contribution < 1.29 is 9.90 Å². The standard InChI is InChI=1S/C2H6O2P2S/c3-1(4)2(5)7-6/h2H,5-6H2,(H,3,4)/i5D. The molecule has 0 bridgehead atoms. The fraction of sp³-hybridized carbons (Fsp3) is 0.500. The molecule has 0 aliphatic heterocycles. The Balaban J connectivity index is 3.52. The van der Waals surface area contributed by atoms with Crippen molar-refractivity contribution in [3.8, 4) is 0 Å². The van der Waals surface area contributed by atoms with Gasteiger partial charge in [-0.1, -0.05) is 8.44 Å². The lowest BCUT2D eigenvalue weighted by Gasteiger charge is -1.96. The molecule has 0 amide bonds. The molecule has 0 rings (SSSR count). The molecule has 0 radical (unpaired) electrons. The molecule has 0 fully saturated rings. The molecule has 3 atom stereocenters. The summed E-state index contributed by atoms with van der Waals surface area (Å²) in [4.78, 5) is 9.46. The minimum Gasteiger partial charge on any atom is -0.480 e. The summed E-state index contributed by atoms with van der Waals surface area (Å²) in [5.74, 6) is -0.904. The van der Waals surface area contributed by atoms with Crippen molar-refractivity contribution in [3.05, 3.63) is 0 Å². The Hall–Kier alpha value is 0.680. The van der Waals surface area contributed by atoms with Crippen molar-refractivity contribution in [2.75, 3.05) is 0 Å². The minimum absolute atomic E-state index is 0.278. The van der Waals surface area contributed by atoms with Gasteiger partial charge >= 0.3 is 5.97 Å². The van der Waals surface area contributed by atoms with E-state index in [2.05, 4.69) is 8.44 Å². The summed E-state index contributed by atoms with van der Waals surface area (Å²) < 4.78 is 6.70. The molecule has 1 N–H and O–H groups in total. The zero-order chi connectivity index (χ0) is 6.57.